The van der Waals surface area contributed by atoms with Crippen LogP contribution in [0.2, 0.25) is 0 Å². The predicted molar refractivity (Wildman–Crippen MR) is 254 cm³/mol. The molecule has 1 aromatic heterocycles. The van der Waals surface area contributed by atoms with Crippen molar-refractivity contribution >= 4 is 56.1 Å². The van der Waals surface area contributed by atoms with Gasteiger partial charge in [0.2, 0.25) is 0 Å². The molecule has 0 atom stereocenters. The fourth-order valence-electron chi connectivity index (χ4n) is 9.65. The summed E-state index contributed by atoms with van der Waals surface area (Å²) in [4.78, 5) is 4.77. The van der Waals surface area contributed by atoms with E-state index in [1.807, 2.05) is 0 Å². The molecule has 1 aliphatic rings. The molecule has 0 unspecified atom stereocenters. The second-order valence-electron chi connectivity index (χ2n) is 16.3. The molecule has 11 rings (SSSR count). The van der Waals surface area contributed by atoms with Gasteiger partial charge in [-0.2, -0.15) is 0 Å². The van der Waals surface area contributed by atoms with Gasteiger partial charge in [0.15, 0.2) is 0 Å². The average molecular weight is 785 g/mol. The summed E-state index contributed by atoms with van der Waals surface area (Å²) in [7, 11) is 0. The molecule has 0 radical (unpaired) electrons. The molecule has 0 amide bonds. The normalized spacial score (nSPS) is 13.0. The van der Waals surface area contributed by atoms with Crippen molar-refractivity contribution in [3.05, 3.63) is 252 Å². The zero-order valence-electron chi connectivity index (χ0n) is 34.2. The Labute approximate surface area is 357 Å². The number of para-hydroxylation sites is 5. The van der Waals surface area contributed by atoms with Gasteiger partial charge < -0.3 is 14.2 Å². The Kier molecular flexibility index (Phi) is 8.90. The summed E-state index contributed by atoms with van der Waals surface area (Å²) in [6, 6.07) is 81.4. The summed E-state index contributed by atoms with van der Waals surface area (Å²) < 4.78 is 6.91. The monoisotopic (exact) mass is 784 g/mol. The van der Waals surface area contributed by atoms with Crippen molar-refractivity contribution in [3.63, 3.8) is 0 Å². The Bertz CT molecular complexity index is 3100. The Balaban J connectivity index is 1.09. The lowest BCUT2D eigenvalue weighted by Gasteiger charge is -2.46. The molecule has 0 spiro atoms. The van der Waals surface area contributed by atoms with E-state index in [0.29, 0.717) is 5.92 Å². The van der Waals surface area contributed by atoms with Crippen LogP contribution in [0, 0.1) is 0 Å². The van der Waals surface area contributed by atoms with E-state index in [2.05, 4.69) is 248 Å². The fourth-order valence-corrected chi connectivity index (χ4v) is 9.65. The Morgan fingerprint density at radius 1 is 0.426 bits per heavy atom. The van der Waals surface area contributed by atoms with Crippen molar-refractivity contribution in [2.75, 3.05) is 9.80 Å². The van der Waals surface area contributed by atoms with Gasteiger partial charge in [-0.05, 0) is 106 Å². The quantitative estimate of drug-likeness (QED) is 0.153. The van der Waals surface area contributed by atoms with E-state index in [0.717, 1.165) is 61.6 Å². The Hall–Kier alpha value is -7.62. The van der Waals surface area contributed by atoms with Crippen LogP contribution in [-0.2, 0) is 5.41 Å². The summed E-state index contributed by atoms with van der Waals surface area (Å²) in [5.41, 5.74) is 16.2. The van der Waals surface area contributed by atoms with Crippen molar-refractivity contribution in [1.82, 2.24) is 0 Å². The zero-order valence-corrected chi connectivity index (χ0v) is 34.2. The van der Waals surface area contributed by atoms with Crippen molar-refractivity contribution in [3.8, 4) is 11.1 Å². The largest absolute Gasteiger partial charge is 0.456 e. The highest BCUT2D eigenvalue weighted by Gasteiger charge is 2.48. The van der Waals surface area contributed by atoms with Crippen LogP contribution >= 0.6 is 0 Å². The van der Waals surface area contributed by atoms with E-state index < -0.39 is 5.41 Å². The number of furan rings is 1. The first-order valence-electron chi connectivity index (χ1n) is 21.2. The van der Waals surface area contributed by atoms with E-state index in [9.17, 15) is 0 Å². The highest BCUT2D eigenvalue weighted by atomic mass is 16.3. The number of hydrogen-bond acceptors (Lipinski definition) is 3. The van der Waals surface area contributed by atoms with Crippen molar-refractivity contribution in [2.24, 2.45) is 0 Å². The van der Waals surface area contributed by atoms with Gasteiger partial charge in [-0.15, -0.1) is 0 Å². The molecule has 0 N–H and O–H groups in total. The maximum Gasteiger partial charge on any atom is 0.140 e. The number of rotatable bonds is 8. The first-order valence-corrected chi connectivity index (χ1v) is 21.2. The smallest absolute Gasteiger partial charge is 0.140 e. The number of fused-ring (bicyclic) bond motifs is 5. The maximum atomic E-state index is 6.91. The van der Waals surface area contributed by atoms with Crippen LogP contribution in [0.3, 0.4) is 0 Å². The van der Waals surface area contributed by atoms with E-state index in [4.69, 9.17) is 4.42 Å². The SMILES string of the molecule is CC(C)c1ccc(C2(c3cccc4c3oc3ccccc34)c3ccccc3N(c3ccc(N(c4ccccc4)c4ccc(-c5ccccc5)cc4)cc3)c3ccccc32)cc1. The second-order valence-corrected chi connectivity index (χ2v) is 16.3. The third-order valence-corrected chi connectivity index (χ3v) is 12.5. The minimum absolute atomic E-state index is 0.416. The molecule has 2 heterocycles. The van der Waals surface area contributed by atoms with Crippen molar-refractivity contribution in [1.29, 1.82) is 0 Å². The highest BCUT2D eigenvalue weighted by Crippen LogP contribution is 2.59. The lowest BCUT2D eigenvalue weighted by atomic mass is 9.62. The highest BCUT2D eigenvalue weighted by molar-refractivity contribution is 6.07. The number of benzene rings is 9. The lowest BCUT2D eigenvalue weighted by Crippen LogP contribution is -2.37. The minimum atomic E-state index is -0.692. The minimum Gasteiger partial charge on any atom is -0.456 e. The van der Waals surface area contributed by atoms with Crippen LogP contribution in [0.1, 0.15) is 47.6 Å². The zero-order chi connectivity index (χ0) is 40.9. The average Bonchev–Trinajstić information content (AvgIpc) is 3.71. The van der Waals surface area contributed by atoms with E-state index in [1.54, 1.807) is 0 Å². The van der Waals surface area contributed by atoms with Crippen LogP contribution in [0.25, 0.3) is 33.1 Å². The van der Waals surface area contributed by atoms with Gasteiger partial charge in [-0.25, -0.2) is 0 Å². The van der Waals surface area contributed by atoms with Gasteiger partial charge in [-0.3, -0.25) is 0 Å². The molecule has 1 aliphatic heterocycles. The summed E-state index contributed by atoms with van der Waals surface area (Å²) in [5, 5.41) is 2.25. The van der Waals surface area contributed by atoms with Crippen LogP contribution < -0.4 is 9.80 Å². The third-order valence-electron chi connectivity index (χ3n) is 12.5. The van der Waals surface area contributed by atoms with Crippen molar-refractivity contribution < 1.29 is 4.42 Å². The number of hydrogen-bond donors (Lipinski definition) is 0. The van der Waals surface area contributed by atoms with Gasteiger partial charge in [-0.1, -0.05) is 172 Å². The molecule has 10 aromatic rings. The predicted octanol–water partition coefficient (Wildman–Crippen LogP) is 16.0. The summed E-state index contributed by atoms with van der Waals surface area (Å²) in [5.74, 6) is 0.416. The first-order chi connectivity index (χ1) is 30.1. The van der Waals surface area contributed by atoms with Gasteiger partial charge in [0, 0.05) is 39.1 Å². The first kappa shape index (κ1) is 36.5. The fraction of sp³-hybridized carbons (Fsp3) is 0.0690. The summed E-state index contributed by atoms with van der Waals surface area (Å²) in [6.45, 7) is 4.52. The summed E-state index contributed by atoms with van der Waals surface area (Å²) in [6.07, 6.45) is 0. The molecule has 9 aromatic carbocycles. The van der Waals surface area contributed by atoms with Crippen molar-refractivity contribution in [2.45, 2.75) is 25.2 Å². The Morgan fingerprint density at radius 3 is 1.59 bits per heavy atom. The van der Waals surface area contributed by atoms with E-state index in [1.165, 1.54) is 33.4 Å². The lowest BCUT2D eigenvalue weighted by molar-refractivity contribution is 0.643. The van der Waals surface area contributed by atoms with Crippen LogP contribution in [0.15, 0.2) is 229 Å². The van der Waals surface area contributed by atoms with E-state index >= 15 is 0 Å². The molecule has 61 heavy (non-hydrogen) atoms. The van der Waals surface area contributed by atoms with Crippen LogP contribution in [0.5, 0.6) is 0 Å². The molecule has 292 valence electrons. The van der Waals surface area contributed by atoms with Gasteiger partial charge in [0.1, 0.15) is 11.2 Å². The molecule has 0 fully saturated rings. The standard InChI is InChI=1S/C58H44N2O/c1-40(2)41-28-32-44(33-29-41)58(53-24-15-21-50-49-20-9-14-27-56(49)61-57(50)53)51-22-10-12-25-54(51)60(55-26-13-11-23-52(55)58)48-38-36-47(37-39-48)59(45-18-7-4-8-19-45)46-34-30-43(31-35-46)42-16-5-3-6-17-42/h3-40H,1-2H3. The third kappa shape index (κ3) is 5.96. The molecule has 0 bridgehead atoms. The topological polar surface area (TPSA) is 19.6 Å². The molecular weight excluding hydrogens is 741 g/mol. The van der Waals surface area contributed by atoms with Crippen LogP contribution in [0.4, 0.5) is 34.1 Å². The Morgan fingerprint density at radius 2 is 0.934 bits per heavy atom. The molecule has 0 saturated heterocycles. The van der Waals surface area contributed by atoms with Gasteiger partial charge in [0.25, 0.3) is 0 Å². The van der Waals surface area contributed by atoms with Crippen LogP contribution in [-0.4, -0.2) is 0 Å². The van der Waals surface area contributed by atoms with Gasteiger partial charge >= 0.3 is 0 Å². The summed E-state index contributed by atoms with van der Waals surface area (Å²) >= 11 is 0. The maximum absolute atomic E-state index is 6.91. The second kappa shape index (κ2) is 14.9. The molecule has 0 saturated carbocycles. The molecular formula is C58H44N2O. The van der Waals surface area contributed by atoms with Gasteiger partial charge in [0.05, 0.1) is 16.8 Å². The number of anilines is 6. The number of nitrogens with zero attached hydrogens (tertiary/aromatic N) is 2. The van der Waals surface area contributed by atoms with E-state index in [-0.39, 0.29) is 0 Å². The molecule has 3 heteroatoms. The molecule has 3 nitrogen and oxygen atoms in total. The molecule has 0 aliphatic carbocycles.